The summed E-state index contributed by atoms with van der Waals surface area (Å²) >= 11 is 2.15. The van der Waals surface area contributed by atoms with Gasteiger partial charge in [0.25, 0.3) is 0 Å². The van der Waals surface area contributed by atoms with E-state index < -0.39 is 0 Å². The predicted octanol–water partition coefficient (Wildman–Crippen LogP) is 5.66. The molecular weight excluding hydrogens is 200 g/mol. The Kier molecular flexibility index (Phi) is 12.7. The van der Waals surface area contributed by atoms with Crippen LogP contribution in [0.5, 0.6) is 0 Å². The third kappa shape index (κ3) is 12.3. The van der Waals surface area contributed by atoms with Gasteiger partial charge in [-0.1, -0.05) is 65.7 Å². The molecule has 0 aliphatic carbocycles. The first-order valence-corrected chi connectivity index (χ1v) is 7.97. The Morgan fingerprint density at radius 1 is 0.800 bits per heavy atom. The number of hydrogen-bond donors (Lipinski definition) is 0. The van der Waals surface area contributed by atoms with Gasteiger partial charge >= 0.3 is 0 Å². The van der Waals surface area contributed by atoms with E-state index in [0.29, 0.717) is 0 Å². The van der Waals surface area contributed by atoms with Gasteiger partial charge in [-0.15, -0.1) is 0 Å². The van der Waals surface area contributed by atoms with E-state index in [9.17, 15) is 0 Å². The van der Waals surface area contributed by atoms with Crippen molar-refractivity contribution in [2.24, 2.45) is 0 Å². The number of thioether (sulfide) groups is 1. The van der Waals surface area contributed by atoms with Gasteiger partial charge in [0.1, 0.15) is 0 Å². The molecule has 0 aliphatic rings. The summed E-state index contributed by atoms with van der Waals surface area (Å²) in [4.78, 5) is 0. The molecule has 15 heavy (non-hydrogen) atoms. The second kappa shape index (κ2) is 12.4. The fourth-order valence-corrected chi connectivity index (χ4v) is 2.65. The molecule has 1 heteroatoms. The van der Waals surface area contributed by atoms with Crippen molar-refractivity contribution in [2.75, 3.05) is 5.75 Å². The van der Waals surface area contributed by atoms with Gasteiger partial charge in [0.2, 0.25) is 0 Å². The van der Waals surface area contributed by atoms with Crippen molar-refractivity contribution in [3.8, 4) is 0 Å². The van der Waals surface area contributed by atoms with E-state index in [-0.39, 0.29) is 0 Å². The Balaban J connectivity index is 2.92. The standard InChI is InChI=1S/C14H30S/c1-4-6-7-8-9-10-11-12-13-15-14(3)5-2/h14H,4-13H2,1-3H3. The smallest absolute Gasteiger partial charge is 0.00160 e. The average Bonchev–Trinajstić information content (AvgIpc) is 2.26. The van der Waals surface area contributed by atoms with Crippen molar-refractivity contribution in [2.45, 2.75) is 83.8 Å². The zero-order valence-corrected chi connectivity index (χ0v) is 11.9. The van der Waals surface area contributed by atoms with Gasteiger partial charge < -0.3 is 0 Å². The summed E-state index contributed by atoms with van der Waals surface area (Å²) in [6.07, 6.45) is 12.9. The van der Waals surface area contributed by atoms with E-state index in [4.69, 9.17) is 0 Å². The molecule has 92 valence electrons. The maximum Gasteiger partial charge on any atom is 0.00160 e. The highest BCUT2D eigenvalue weighted by Crippen LogP contribution is 2.16. The number of hydrogen-bond acceptors (Lipinski definition) is 1. The van der Waals surface area contributed by atoms with Crippen molar-refractivity contribution in [1.29, 1.82) is 0 Å². The highest BCUT2D eigenvalue weighted by Gasteiger charge is 1.98. The van der Waals surface area contributed by atoms with Crippen LogP contribution >= 0.6 is 11.8 Å². The van der Waals surface area contributed by atoms with Crippen LogP contribution in [-0.4, -0.2) is 11.0 Å². The minimum atomic E-state index is 0.870. The Morgan fingerprint density at radius 3 is 1.87 bits per heavy atom. The summed E-state index contributed by atoms with van der Waals surface area (Å²) in [5.41, 5.74) is 0. The molecule has 0 aromatic heterocycles. The van der Waals surface area contributed by atoms with Crippen LogP contribution < -0.4 is 0 Å². The highest BCUT2D eigenvalue weighted by atomic mass is 32.2. The zero-order chi connectivity index (χ0) is 11.4. The first-order valence-electron chi connectivity index (χ1n) is 6.92. The molecule has 0 aliphatic heterocycles. The average molecular weight is 230 g/mol. The molecule has 0 nitrogen and oxygen atoms in total. The van der Waals surface area contributed by atoms with Crippen LogP contribution in [0.25, 0.3) is 0 Å². The fraction of sp³-hybridized carbons (Fsp3) is 1.00. The lowest BCUT2D eigenvalue weighted by Gasteiger charge is -2.07. The van der Waals surface area contributed by atoms with Crippen LogP contribution in [0.3, 0.4) is 0 Å². The van der Waals surface area contributed by atoms with Crippen LogP contribution in [-0.2, 0) is 0 Å². The van der Waals surface area contributed by atoms with Crippen LogP contribution in [0.4, 0.5) is 0 Å². The normalized spacial score (nSPS) is 13.0. The lowest BCUT2D eigenvalue weighted by Crippen LogP contribution is -1.94. The second-order valence-corrected chi connectivity index (χ2v) is 6.11. The van der Waals surface area contributed by atoms with E-state index in [1.807, 2.05) is 0 Å². The molecular formula is C14H30S. The Bertz CT molecular complexity index is 112. The van der Waals surface area contributed by atoms with E-state index in [0.717, 1.165) is 5.25 Å². The number of unbranched alkanes of at least 4 members (excludes halogenated alkanes) is 7. The fourth-order valence-electron chi connectivity index (χ4n) is 1.64. The molecule has 0 aromatic carbocycles. The molecule has 0 rings (SSSR count). The van der Waals surface area contributed by atoms with Crippen LogP contribution in [0, 0.1) is 0 Å². The number of rotatable bonds is 11. The molecule has 1 unspecified atom stereocenters. The third-order valence-corrected chi connectivity index (χ3v) is 4.40. The van der Waals surface area contributed by atoms with E-state index >= 15 is 0 Å². The van der Waals surface area contributed by atoms with Crippen molar-refractivity contribution in [1.82, 2.24) is 0 Å². The highest BCUT2D eigenvalue weighted by molar-refractivity contribution is 7.99. The first kappa shape index (κ1) is 15.3. The monoisotopic (exact) mass is 230 g/mol. The minimum absolute atomic E-state index is 0.870. The van der Waals surface area contributed by atoms with Gasteiger partial charge in [-0.2, -0.15) is 11.8 Å². The molecule has 0 N–H and O–H groups in total. The molecule has 1 atom stereocenters. The van der Waals surface area contributed by atoms with Crippen molar-refractivity contribution < 1.29 is 0 Å². The topological polar surface area (TPSA) is 0 Å². The lowest BCUT2D eigenvalue weighted by molar-refractivity contribution is 0.586. The van der Waals surface area contributed by atoms with Crippen LogP contribution in [0.1, 0.15) is 78.6 Å². The predicted molar refractivity (Wildman–Crippen MR) is 74.8 cm³/mol. The van der Waals surface area contributed by atoms with E-state index in [2.05, 4.69) is 32.5 Å². The summed E-state index contributed by atoms with van der Waals surface area (Å²) in [6, 6.07) is 0. The van der Waals surface area contributed by atoms with E-state index in [1.165, 1.54) is 63.5 Å². The van der Waals surface area contributed by atoms with Crippen molar-refractivity contribution >= 4 is 11.8 Å². The van der Waals surface area contributed by atoms with Crippen molar-refractivity contribution in [3.63, 3.8) is 0 Å². The Labute approximate surface area is 102 Å². The molecule has 0 fully saturated rings. The molecule has 0 spiro atoms. The quantitative estimate of drug-likeness (QED) is 0.413. The summed E-state index contributed by atoms with van der Waals surface area (Å²) < 4.78 is 0. The van der Waals surface area contributed by atoms with E-state index in [1.54, 1.807) is 0 Å². The van der Waals surface area contributed by atoms with Gasteiger partial charge in [-0.05, 0) is 18.6 Å². The molecule has 0 radical (unpaired) electrons. The lowest BCUT2D eigenvalue weighted by atomic mass is 10.1. The first-order chi connectivity index (χ1) is 7.31. The van der Waals surface area contributed by atoms with Gasteiger partial charge in [0.15, 0.2) is 0 Å². The summed E-state index contributed by atoms with van der Waals surface area (Å²) in [5.74, 6) is 1.38. The Morgan fingerprint density at radius 2 is 1.33 bits per heavy atom. The van der Waals surface area contributed by atoms with Crippen LogP contribution in [0.15, 0.2) is 0 Å². The second-order valence-electron chi connectivity index (χ2n) is 4.56. The SMILES string of the molecule is CCCCCCCCCCSC(C)CC. The summed E-state index contributed by atoms with van der Waals surface area (Å²) in [6.45, 7) is 6.91. The third-order valence-electron chi connectivity index (χ3n) is 2.98. The molecule has 0 heterocycles. The Hall–Kier alpha value is 0.350. The van der Waals surface area contributed by atoms with Crippen LogP contribution in [0.2, 0.25) is 0 Å². The molecule has 0 bridgehead atoms. The molecule has 0 saturated carbocycles. The maximum atomic E-state index is 2.34. The van der Waals surface area contributed by atoms with Gasteiger partial charge in [0.05, 0.1) is 0 Å². The molecule has 0 amide bonds. The van der Waals surface area contributed by atoms with Gasteiger partial charge in [-0.3, -0.25) is 0 Å². The largest absolute Gasteiger partial charge is 0.159 e. The summed E-state index contributed by atoms with van der Waals surface area (Å²) in [7, 11) is 0. The zero-order valence-electron chi connectivity index (χ0n) is 11.1. The molecule has 0 aromatic rings. The minimum Gasteiger partial charge on any atom is -0.159 e. The maximum absolute atomic E-state index is 2.34. The van der Waals surface area contributed by atoms with Gasteiger partial charge in [-0.25, -0.2) is 0 Å². The van der Waals surface area contributed by atoms with Gasteiger partial charge in [0, 0.05) is 5.25 Å². The summed E-state index contributed by atoms with van der Waals surface area (Å²) in [5, 5.41) is 0.870. The van der Waals surface area contributed by atoms with Crippen molar-refractivity contribution in [3.05, 3.63) is 0 Å². The molecule has 0 saturated heterocycles.